The summed E-state index contributed by atoms with van der Waals surface area (Å²) in [4.78, 5) is 0. The van der Waals surface area contributed by atoms with Crippen LogP contribution in [0.5, 0.6) is 0 Å². The summed E-state index contributed by atoms with van der Waals surface area (Å²) in [6, 6.07) is 0. The fourth-order valence-electron chi connectivity index (χ4n) is 3.81. The van der Waals surface area contributed by atoms with Crippen molar-refractivity contribution in [2.45, 2.75) is 58.8 Å². The molecular formula is C12H22. The Labute approximate surface area is 76.7 Å². The van der Waals surface area contributed by atoms with Crippen LogP contribution in [0.4, 0.5) is 0 Å². The van der Waals surface area contributed by atoms with Crippen molar-refractivity contribution in [2.24, 2.45) is 17.3 Å². The molecule has 2 aliphatic rings. The van der Waals surface area contributed by atoms with Crippen LogP contribution in [0, 0.1) is 17.3 Å². The second kappa shape index (κ2) is 3.05. The Morgan fingerprint density at radius 3 is 2.00 bits per heavy atom. The fourth-order valence-corrected chi connectivity index (χ4v) is 3.81. The molecule has 0 nitrogen and oxygen atoms in total. The Balaban J connectivity index is 2.15. The lowest BCUT2D eigenvalue weighted by Crippen LogP contribution is -2.34. The minimum absolute atomic E-state index is 0.790. The van der Waals surface area contributed by atoms with Gasteiger partial charge in [0.15, 0.2) is 0 Å². The second-order valence-electron chi connectivity index (χ2n) is 5.17. The van der Waals surface area contributed by atoms with Crippen molar-refractivity contribution in [3.8, 4) is 0 Å². The lowest BCUT2D eigenvalue weighted by Gasteiger charge is -2.43. The minimum Gasteiger partial charge on any atom is -0.0620 e. The largest absolute Gasteiger partial charge is 0.0620 e. The Morgan fingerprint density at radius 2 is 1.42 bits per heavy atom. The molecule has 0 N–H and O–H groups in total. The molecule has 0 aromatic heterocycles. The average Bonchev–Trinajstić information content (AvgIpc) is 2.41. The van der Waals surface area contributed by atoms with Gasteiger partial charge < -0.3 is 0 Å². The maximum Gasteiger partial charge on any atom is -0.0246 e. The van der Waals surface area contributed by atoms with Crippen LogP contribution in [-0.4, -0.2) is 0 Å². The molecule has 70 valence electrons. The first kappa shape index (κ1) is 8.59. The van der Waals surface area contributed by atoms with E-state index in [2.05, 4.69) is 13.8 Å². The van der Waals surface area contributed by atoms with Crippen molar-refractivity contribution < 1.29 is 0 Å². The molecule has 0 unspecified atom stereocenters. The molecule has 0 saturated heterocycles. The van der Waals surface area contributed by atoms with Gasteiger partial charge >= 0.3 is 0 Å². The summed E-state index contributed by atoms with van der Waals surface area (Å²) in [5.74, 6) is 2.04. The highest BCUT2D eigenvalue weighted by Gasteiger charge is 2.44. The summed E-state index contributed by atoms with van der Waals surface area (Å²) in [7, 11) is 0. The van der Waals surface area contributed by atoms with Crippen LogP contribution in [-0.2, 0) is 0 Å². The molecule has 0 aromatic carbocycles. The van der Waals surface area contributed by atoms with Crippen molar-refractivity contribution in [3.63, 3.8) is 0 Å². The van der Waals surface area contributed by atoms with Crippen molar-refractivity contribution in [3.05, 3.63) is 0 Å². The molecule has 2 rings (SSSR count). The van der Waals surface area contributed by atoms with Gasteiger partial charge in [-0.2, -0.15) is 0 Å². The van der Waals surface area contributed by atoms with Gasteiger partial charge in [-0.15, -0.1) is 0 Å². The van der Waals surface area contributed by atoms with Crippen LogP contribution >= 0.6 is 0 Å². The summed E-state index contributed by atoms with van der Waals surface area (Å²) in [6.45, 7) is 5.00. The molecule has 0 amide bonds. The Hall–Kier alpha value is 0. The molecule has 12 heavy (non-hydrogen) atoms. The maximum absolute atomic E-state index is 2.50. The first-order valence-electron chi connectivity index (χ1n) is 5.76. The summed E-state index contributed by atoms with van der Waals surface area (Å²) >= 11 is 0. The smallest absolute Gasteiger partial charge is 0.0246 e. The lowest BCUT2D eigenvalue weighted by molar-refractivity contribution is 0.0681. The van der Waals surface area contributed by atoms with Gasteiger partial charge in [-0.25, -0.2) is 0 Å². The zero-order valence-electron chi connectivity index (χ0n) is 8.60. The summed E-state index contributed by atoms with van der Waals surface area (Å²) < 4.78 is 0. The first-order chi connectivity index (χ1) is 5.76. The molecule has 0 aromatic rings. The molecule has 0 heteroatoms. The lowest BCUT2D eigenvalue weighted by atomic mass is 9.62. The fraction of sp³-hybridized carbons (Fsp3) is 1.00. The van der Waals surface area contributed by atoms with E-state index < -0.39 is 0 Å². The van der Waals surface area contributed by atoms with Crippen LogP contribution in [0.2, 0.25) is 0 Å². The Bertz CT molecular complexity index is 161. The normalized spacial score (nSPS) is 48.5. The highest BCUT2D eigenvalue weighted by Crippen LogP contribution is 2.55. The molecular weight excluding hydrogens is 144 g/mol. The molecule has 0 heterocycles. The number of hydrogen-bond donors (Lipinski definition) is 0. The van der Waals surface area contributed by atoms with Gasteiger partial charge in [0.1, 0.15) is 0 Å². The van der Waals surface area contributed by atoms with Crippen molar-refractivity contribution >= 4 is 0 Å². The third kappa shape index (κ3) is 1.11. The van der Waals surface area contributed by atoms with Gasteiger partial charge in [-0.1, -0.05) is 46.0 Å². The van der Waals surface area contributed by atoms with Gasteiger partial charge in [0.2, 0.25) is 0 Å². The molecule has 0 radical (unpaired) electrons. The van der Waals surface area contributed by atoms with Gasteiger partial charge in [-0.3, -0.25) is 0 Å². The SMILES string of the molecule is C[C@H]1CCCC[C@]12CCC[C@@H]2C. The minimum atomic E-state index is 0.790. The zero-order valence-corrected chi connectivity index (χ0v) is 8.60. The molecule has 1 spiro atoms. The standard InChI is InChI=1S/C12H22/c1-10-6-3-4-8-12(10)9-5-7-11(12)2/h10-11H,3-9H2,1-2H3/t10-,11-,12-/m0/s1. The highest BCUT2D eigenvalue weighted by molar-refractivity contribution is 4.95. The predicted molar refractivity (Wildman–Crippen MR) is 53.1 cm³/mol. The van der Waals surface area contributed by atoms with Gasteiger partial charge in [0, 0.05) is 0 Å². The van der Waals surface area contributed by atoms with Crippen molar-refractivity contribution in [2.75, 3.05) is 0 Å². The average molecular weight is 166 g/mol. The predicted octanol–water partition coefficient (Wildman–Crippen LogP) is 4.00. The number of rotatable bonds is 0. The molecule has 2 saturated carbocycles. The Morgan fingerprint density at radius 1 is 0.833 bits per heavy atom. The molecule has 3 atom stereocenters. The quantitative estimate of drug-likeness (QED) is 0.510. The van der Waals surface area contributed by atoms with Crippen LogP contribution in [0.15, 0.2) is 0 Å². The van der Waals surface area contributed by atoms with Crippen LogP contribution in [0.1, 0.15) is 58.8 Å². The highest BCUT2D eigenvalue weighted by atomic mass is 14.5. The monoisotopic (exact) mass is 166 g/mol. The molecule has 0 aliphatic heterocycles. The molecule has 0 bridgehead atoms. The van der Waals surface area contributed by atoms with Gasteiger partial charge in [-0.05, 0) is 30.1 Å². The van der Waals surface area contributed by atoms with E-state index in [1.165, 1.54) is 44.9 Å². The third-order valence-electron chi connectivity index (χ3n) is 4.77. The summed E-state index contributed by atoms with van der Waals surface area (Å²) in [5.41, 5.74) is 0.790. The maximum atomic E-state index is 2.50. The van der Waals surface area contributed by atoms with E-state index in [4.69, 9.17) is 0 Å². The summed E-state index contributed by atoms with van der Waals surface area (Å²) in [6.07, 6.45) is 10.6. The van der Waals surface area contributed by atoms with Crippen LogP contribution in [0.25, 0.3) is 0 Å². The topological polar surface area (TPSA) is 0 Å². The van der Waals surface area contributed by atoms with Crippen LogP contribution in [0.3, 0.4) is 0 Å². The zero-order chi connectivity index (χ0) is 8.60. The molecule has 2 aliphatic carbocycles. The van der Waals surface area contributed by atoms with E-state index in [0.29, 0.717) is 0 Å². The van der Waals surface area contributed by atoms with E-state index in [1.54, 1.807) is 0 Å². The van der Waals surface area contributed by atoms with E-state index in [9.17, 15) is 0 Å². The molecule has 2 fully saturated rings. The van der Waals surface area contributed by atoms with E-state index >= 15 is 0 Å². The first-order valence-corrected chi connectivity index (χ1v) is 5.76. The van der Waals surface area contributed by atoms with Gasteiger partial charge in [0.25, 0.3) is 0 Å². The van der Waals surface area contributed by atoms with E-state index in [1.807, 2.05) is 0 Å². The van der Waals surface area contributed by atoms with Crippen LogP contribution < -0.4 is 0 Å². The van der Waals surface area contributed by atoms with Crippen molar-refractivity contribution in [1.29, 1.82) is 0 Å². The second-order valence-corrected chi connectivity index (χ2v) is 5.17. The van der Waals surface area contributed by atoms with E-state index in [0.717, 1.165) is 17.3 Å². The van der Waals surface area contributed by atoms with Crippen molar-refractivity contribution in [1.82, 2.24) is 0 Å². The Kier molecular flexibility index (Phi) is 2.18. The van der Waals surface area contributed by atoms with Gasteiger partial charge in [0.05, 0.1) is 0 Å². The summed E-state index contributed by atoms with van der Waals surface area (Å²) in [5, 5.41) is 0. The van der Waals surface area contributed by atoms with E-state index in [-0.39, 0.29) is 0 Å². The number of hydrogen-bond acceptors (Lipinski definition) is 0. The third-order valence-corrected chi connectivity index (χ3v) is 4.77.